The van der Waals surface area contributed by atoms with E-state index in [1.807, 2.05) is 60.7 Å². The third-order valence-electron chi connectivity index (χ3n) is 3.65. The molecule has 1 unspecified atom stereocenters. The van der Waals surface area contributed by atoms with Gasteiger partial charge in [0, 0.05) is 6.20 Å². The lowest BCUT2D eigenvalue weighted by Gasteiger charge is -2.30. The molecule has 1 aliphatic rings. The summed E-state index contributed by atoms with van der Waals surface area (Å²) < 4.78 is 5.66. The van der Waals surface area contributed by atoms with Crippen LogP contribution < -0.4 is 16.4 Å². The van der Waals surface area contributed by atoms with E-state index in [2.05, 4.69) is 10.6 Å². The first-order chi connectivity index (χ1) is 11.6. The minimum atomic E-state index is -1.70. The van der Waals surface area contributed by atoms with Crippen LogP contribution in [0, 0.1) is 0 Å². The molecular weight excluding hydrogens is 306 g/mol. The number of urea groups is 1. The van der Waals surface area contributed by atoms with Crippen molar-refractivity contribution in [3.63, 3.8) is 0 Å². The van der Waals surface area contributed by atoms with Crippen molar-refractivity contribution in [3.8, 4) is 0 Å². The van der Waals surface area contributed by atoms with E-state index in [1.165, 1.54) is 12.3 Å². The molecule has 2 aromatic carbocycles. The van der Waals surface area contributed by atoms with E-state index in [1.54, 1.807) is 0 Å². The molecule has 6 nitrogen and oxygen atoms in total. The van der Waals surface area contributed by atoms with E-state index in [-0.39, 0.29) is 0 Å². The maximum atomic E-state index is 12.6. The van der Waals surface area contributed by atoms with Crippen LogP contribution in [0.3, 0.4) is 0 Å². The molecule has 122 valence electrons. The summed E-state index contributed by atoms with van der Waals surface area (Å²) in [5.74, 6) is -0.744. The van der Waals surface area contributed by atoms with Crippen LogP contribution in [0.5, 0.6) is 0 Å². The van der Waals surface area contributed by atoms with Crippen molar-refractivity contribution in [1.29, 1.82) is 0 Å². The van der Waals surface area contributed by atoms with E-state index in [4.69, 9.17) is 10.5 Å². The standard InChI is InChI=1S/C18H17N3O3/c19-18(11-12-20-17(23)21-18)16(22)24-15(13-7-3-1-4-8-13)14-9-5-2-6-10-14/h1-12,15H,19H2,(H2,20,21,23). The molecule has 6 heteroatoms. The first-order valence-electron chi connectivity index (χ1n) is 7.45. The molecule has 0 radical (unpaired) electrons. The van der Waals surface area contributed by atoms with Gasteiger partial charge in [-0.3, -0.25) is 5.73 Å². The van der Waals surface area contributed by atoms with Gasteiger partial charge in [0.25, 0.3) is 0 Å². The van der Waals surface area contributed by atoms with Crippen LogP contribution in [0.2, 0.25) is 0 Å². The number of hydrogen-bond donors (Lipinski definition) is 3. The van der Waals surface area contributed by atoms with Crippen molar-refractivity contribution in [3.05, 3.63) is 84.1 Å². The number of carbonyl (C=O) groups is 2. The highest BCUT2D eigenvalue weighted by Gasteiger charge is 2.38. The minimum Gasteiger partial charge on any atom is -0.450 e. The van der Waals surface area contributed by atoms with Crippen LogP contribution in [0.1, 0.15) is 17.2 Å². The molecule has 0 bridgehead atoms. The quantitative estimate of drug-likeness (QED) is 0.748. The number of ether oxygens (including phenoxy) is 1. The fourth-order valence-corrected chi connectivity index (χ4v) is 2.42. The molecule has 2 aromatic rings. The summed E-state index contributed by atoms with van der Waals surface area (Å²) in [5, 5.41) is 4.76. The number of hydrogen-bond acceptors (Lipinski definition) is 4. The van der Waals surface area contributed by atoms with Gasteiger partial charge in [-0.2, -0.15) is 0 Å². The molecule has 2 amide bonds. The van der Waals surface area contributed by atoms with Crippen LogP contribution in [0.15, 0.2) is 72.9 Å². The minimum absolute atomic E-state index is 0.562. The lowest BCUT2D eigenvalue weighted by atomic mass is 10.0. The van der Waals surface area contributed by atoms with Crippen molar-refractivity contribution in [2.24, 2.45) is 5.73 Å². The third kappa shape index (κ3) is 3.28. The number of rotatable bonds is 4. The molecule has 1 heterocycles. The summed E-state index contributed by atoms with van der Waals surface area (Å²) in [5.41, 5.74) is 5.88. The first-order valence-corrected chi connectivity index (χ1v) is 7.45. The second-order valence-electron chi connectivity index (χ2n) is 5.41. The number of nitrogens with one attached hydrogen (secondary N) is 2. The molecule has 0 spiro atoms. The average Bonchev–Trinajstić information content (AvgIpc) is 2.61. The van der Waals surface area contributed by atoms with Crippen molar-refractivity contribution >= 4 is 12.0 Å². The van der Waals surface area contributed by atoms with Crippen molar-refractivity contribution in [2.75, 3.05) is 0 Å². The Kier molecular flexibility index (Phi) is 4.31. The van der Waals surface area contributed by atoms with Gasteiger partial charge < -0.3 is 15.4 Å². The van der Waals surface area contributed by atoms with E-state index in [9.17, 15) is 9.59 Å². The fourth-order valence-electron chi connectivity index (χ4n) is 2.42. The van der Waals surface area contributed by atoms with Crippen LogP contribution >= 0.6 is 0 Å². The molecule has 1 aliphatic heterocycles. The van der Waals surface area contributed by atoms with Crippen LogP contribution in [0.4, 0.5) is 4.79 Å². The lowest BCUT2D eigenvalue weighted by molar-refractivity contribution is -0.153. The van der Waals surface area contributed by atoms with E-state index < -0.39 is 23.8 Å². The van der Waals surface area contributed by atoms with Crippen molar-refractivity contribution in [2.45, 2.75) is 11.8 Å². The summed E-state index contributed by atoms with van der Waals surface area (Å²) in [6, 6.07) is 18.1. The number of nitrogens with two attached hydrogens (primary N) is 1. The Morgan fingerprint density at radius 3 is 2.04 bits per heavy atom. The van der Waals surface area contributed by atoms with Gasteiger partial charge in [0.1, 0.15) is 0 Å². The Morgan fingerprint density at radius 2 is 1.54 bits per heavy atom. The average molecular weight is 323 g/mol. The monoisotopic (exact) mass is 323 g/mol. The highest BCUT2D eigenvalue weighted by molar-refractivity contribution is 5.90. The Labute approximate surface area is 139 Å². The van der Waals surface area contributed by atoms with E-state index in [0.29, 0.717) is 0 Å². The van der Waals surface area contributed by atoms with Crippen LogP contribution in [-0.2, 0) is 9.53 Å². The zero-order valence-corrected chi connectivity index (χ0v) is 12.8. The number of esters is 1. The Bertz CT molecular complexity index is 722. The fraction of sp³-hybridized carbons (Fsp3) is 0.111. The maximum Gasteiger partial charge on any atom is 0.352 e. The van der Waals surface area contributed by atoms with Crippen molar-refractivity contribution < 1.29 is 14.3 Å². The molecule has 24 heavy (non-hydrogen) atoms. The smallest absolute Gasteiger partial charge is 0.352 e. The summed E-state index contributed by atoms with van der Waals surface area (Å²) >= 11 is 0. The van der Waals surface area contributed by atoms with Crippen molar-refractivity contribution in [1.82, 2.24) is 10.6 Å². The molecule has 0 aromatic heterocycles. The predicted octanol–water partition coefficient (Wildman–Crippen LogP) is 1.80. The second kappa shape index (κ2) is 6.55. The predicted molar refractivity (Wildman–Crippen MR) is 88.5 cm³/mol. The molecular formula is C18H17N3O3. The number of carbonyl (C=O) groups excluding carboxylic acids is 2. The van der Waals surface area contributed by atoms with Gasteiger partial charge in [-0.05, 0) is 17.2 Å². The van der Waals surface area contributed by atoms with Gasteiger partial charge in [0.2, 0.25) is 5.66 Å². The Balaban J connectivity index is 1.90. The highest BCUT2D eigenvalue weighted by atomic mass is 16.5. The van der Waals surface area contributed by atoms with Crippen LogP contribution in [0.25, 0.3) is 0 Å². The first kappa shape index (κ1) is 15.8. The Morgan fingerprint density at radius 1 is 1.00 bits per heavy atom. The SMILES string of the molecule is NC1(C(=O)OC(c2ccccc2)c2ccccc2)C=CNC(=O)N1. The Hall–Kier alpha value is -3.12. The molecule has 0 aliphatic carbocycles. The van der Waals surface area contributed by atoms with Crippen LogP contribution in [-0.4, -0.2) is 17.7 Å². The second-order valence-corrected chi connectivity index (χ2v) is 5.41. The van der Waals surface area contributed by atoms with Gasteiger partial charge in [0.15, 0.2) is 6.10 Å². The molecule has 4 N–H and O–H groups in total. The molecule has 3 rings (SSSR count). The van der Waals surface area contributed by atoms with Gasteiger partial charge in [0.05, 0.1) is 0 Å². The zero-order chi connectivity index (χ0) is 17.0. The van der Waals surface area contributed by atoms with Gasteiger partial charge >= 0.3 is 12.0 Å². The topological polar surface area (TPSA) is 93.5 Å². The van der Waals surface area contributed by atoms with E-state index >= 15 is 0 Å². The highest BCUT2D eigenvalue weighted by Crippen LogP contribution is 2.27. The summed E-state index contributed by atoms with van der Waals surface area (Å²) in [4.78, 5) is 24.0. The maximum absolute atomic E-state index is 12.6. The summed E-state index contributed by atoms with van der Waals surface area (Å²) in [7, 11) is 0. The molecule has 0 fully saturated rings. The molecule has 0 saturated carbocycles. The van der Waals surface area contributed by atoms with E-state index in [0.717, 1.165) is 11.1 Å². The number of amides is 2. The summed E-state index contributed by atoms with van der Waals surface area (Å²) in [6.45, 7) is 0. The zero-order valence-electron chi connectivity index (χ0n) is 12.8. The molecule has 1 atom stereocenters. The van der Waals surface area contributed by atoms with Gasteiger partial charge in [-0.25, -0.2) is 9.59 Å². The normalized spacial score (nSPS) is 19.5. The summed E-state index contributed by atoms with van der Waals surface area (Å²) in [6.07, 6.45) is 2.05. The van der Waals surface area contributed by atoms with Gasteiger partial charge in [-0.1, -0.05) is 60.7 Å². The third-order valence-corrected chi connectivity index (χ3v) is 3.65. The van der Waals surface area contributed by atoms with Gasteiger partial charge in [-0.15, -0.1) is 0 Å². The molecule has 0 saturated heterocycles. The largest absolute Gasteiger partial charge is 0.450 e. The number of benzene rings is 2. The lowest BCUT2D eigenvalue weighted by Crippen LogP contribution is -2.64.